The molecule has 2 atom stereocenters. The van der Waals surface area contributed by atoms with Crippen LogP contribution in [0.5, 0.6) is 0 Å². The van der Waals surface area contributed by atoms with Crippen LogP contribution in [0.3, 0.4) is 0 Å². The number of likely N-dealkylation sites (N-methyl/N-ethyl adjacent to an activating group) is 1. The van der Waals surface area contributed by atoms with Crippen LogP contribution in [0.2, 0.25) is 0 Å². The van der Waals surface area contributed by atoms with Gasteiger partial charge in [0, 0.05) is 13.2 Å². The molecule has 2 nitrogen and oxygen atoms in total. The van der Waals surface area contributed by atoms with Crippen LogP contribution < -0.4 is 5.32 Å². The van der Waals surface area contributed by atoms with Crippen LogP contribution in [-0.2, 0) is 4.74 Å². The number of unbranched alkanes of at least 4 members (excludes halogenated alkanes) is 1. The van der Waals surface area contributed by atoms with Gasteiger partial charge in [-0.25, -0.2) is 0 Å². The molecule has 98 valence electrons. The van der Waals surface area contributed by atoms with Gasteiger partial charge in [0.1, 0.15) is 0 Å². The Labute approximate surface area is 102 Å². The predicted octanol–water partition coefficient (Wildman–Crippen LogP) is 3.61. The van der Waals surface area contributed by atoms with E-state index in [0.717, 1.165) is 19.1 Å². The zero-order valence-electron chi connectivity index (χ0n) is 11.7. The molecule has 0 saturated carbocycles. The molecule has 0 spiro atoms. The topological polar surface area (TPSA) is 21.3 Å². The fourth-order valence-electron chi connectivity index (χ4n) is 2.22. The first kappa shape index (κ1) is 15.9. The molecule has 0 radical (unpaired) electrons. The van der Waals surface area contributed by atoms with Crippen LogP contribution in [0, 0.1) is 5.92 Å². The van der Waals surface area contributed by atoms with Crippen LogP contribution >= 0.6 is 0 Å². The van der Waals surface area contributed by atoms with Gasteiger partial charge in [0.25, 0.3) is 0 Å². The maximum Gasteiger partial charge on any atom is 0.0615 e. The fourth-order valence-corrected chi connectivity index (χ4v) is 2.22. The van der Waals surface area contributed by atoms with Gasteiger partial charge in [-0.2, -0.15) is 0 Å². The Morgan fingerprint density at radius 2 is 1.81 bits per heavy atom. The maximum absolute atomic E-state index is 5.24. The van der Waals surface area contributed by atoms with Gasteiger partial charge < -0.3 is 10.1 Å². The molecule has 0 aromatic heterocycles. The first-order chi connectivity index (χ1) is 7.78. The Morgan fingerprint density at radius 3 is 2.31 bits per heavy atom. The quantitative estimate of drug-likeness (QED) is 0.584. The lowest BCUT2D eigenvalue weighted by molar-refractivity contribution is 0.159. The molecule has 0 rings (SSSR count). The molecular formula is C14H31NO. The van der Waals surface area contributed by atoms with Crippen molar-refractivity contribution < 1.29 is 4.74 Å². The van der Waals surface area contributed by atoms with E-state index in [1.807, 2.05) is 0 Å². The van der Waals surface area contributed by atoms with Crippen molar-refractivity contribution >= 4 is 0 Å². The molecular weight excluding hydrogens is 198 g/mol. The van der Waals surface area contributed by atoms with Gasteiger partial charge in [0.15, 0.2) is 0 Å². The fraction of sp³-hybridized carbons (Fsp3) is 1.00. The number of hydrogen-bond acceptors (Lipinski definition) is 2. The van der Waals surface area contributed by atoms with Crippen LogP contribution in [-0.4, -0.2) is 26.3 Å². The lowest BCUT2D eigenvalue weighted by Gasteiger charge is -2.20. The van der Waals surface area contributed by atoms with Gasteiger partial charge in [-0.15, -0.1) is 0 Å². The van der Waals surface area contributed by atoms with Crippen LogP contribution in [0.15, 0.2) is 0 Å². The van der Waals surface area contributed by atoms with E-state index < -0.39 is 0 Å². The standard InChI is InChI=1S/C14H31NO/c1-5-8-9-13(6-2)10-11-14(12-16-4)15-7-3/h13-15H,5-12H2,1-4H3. The van der Waals surface area contributed by atoms with E-state index in [2.05, 4.69) is 26.1 Å². The summed E-state index contributed by atoms with van der Waals surface area (Å²) in [4.78, 5) is 0. The number of rotatable bonds is 11. The van der Waals surface area contributed by atoms with Gasteiger partial charge in [-0.1, -0.05) is 46.5 Å². The molecule has 0 aromatic carbocycles. The van der Waals surface area contributed by atoms with Crippen molar-refractivity contribution in [2.24, 2.45) is 5.92 Å². The molecule has 0 aliphatic heterocycles. The highest BCUT2D eigenvalue weighted by atomic mass is 16.5. The summed E-state index contributed by atoms with van der Waals surface area (Å²) in [6, 6.07) is 0.547. The number of ether oxygens (including phenoxy) is 1. The summed E-state index contributed by atoms with van der Waals surface area (Å²) in [5, 5.41) is 3.49. The number of hydrogen-bond donors (Lipinski definition) is 1. The third kappa shape index (κ3) is 8.12. The van der Waals surface area contributed by atoms with Crippen molar-refractivity contribution in [3.63, 3.8) is 0 Å². The Balaban J connectivity index is 3.76. The largest absolute Gasteiger partial charge is 0.383 e. The average molecular weight is 229 g/mol. The Bertz CT molecular complexity index is 133. The van der Waals surface area contributed by atoms with Crippen molar-refractivity contribution in [1.82, 2.24) is 5.32 Å². The number of methoxy groups -OCH3 is 1. The van der Waals surface area contributed by atoms with Crippen LogP contribution in [0.1, 0.15) is 59.3 Å². The highest BCUT2D eigenvalue weighted by Gasteiger charge is 2.11. The molecule has 16 heavy (non-hydrogen) atoms. The van der Waals surface area contributed by atoms with Gasteiger partial charge >= 0.3 is 0 Å². The van der Waals surface area contributed by atoms with E-state index >= 15 is 0 Å². The van der Waals surface area contributed by atoms with Gasteiger partial charge in [0.2, 0.25) is 0 Å². The molecule has 0 amide bonds. The van der Waals surface area contributed by atoms with Crippen molar-refractivity contribution in [3.8, 4) is 0 Å². The second-order valence-corrected chi connectivity index (χ2v) is 4.70. The summed E-state index contributed by atoms with van der Waals surface area (Å²) in [6.45, 7) is 8.65. The minimum Gasteiger partial charge on any atom is -0.383 e. The van der Waals surface area contributed by atoms with Crippen molar-refractivity contribution in [3.05, 3.63) is 0 Å². The normalized spacial score (nSPS) is 15.0. The molecule has 2 unspecified atom stereocenters. The third-order valence-electron chi connectivity index (χ3n) is 3.33. The zero-order chi connectivity index (χ0) is 12.2. The van der Waals surface area contributed by atoms with E-state index in [4.69, 9.17) is 4.74 Å². The van der Waals surface area contributed by atoms with E-state index in [9.17, 15) is 0 Å². The molecule has 1 N–H and O–H groups in total. The highest BCUT2D eigenvalue weighted by Crippen LogP contribution is 2.19. The van der Waals surface area contributed by atoms with Crippen LogP contribution in [0.25, 0.3) is 0 Å². The summed E-state index contributed by atoms with van der Waals surface area (Å²) < 4.78 is 5.24. The Kier molecular flexibility index (Phi) is 11.3. The molecule has 0 aliphatic rings. The number of nitrogens with one attached hydrogen (secondary N) is 1. The summed E-state index contributed by atoms with van der Waals surface area (Å²) in [5.41, 5.74) is 0. The summed E-state index contributed by atoms with van der Waals surface area (Å²) >= 11 is 0. The lowest BCUT2D eigenvalue weighted by Crippen LogP contribution is -2.33. The maximum atomic E-state index is 5.24. The lowest BCUT2D eigenvalue weighted by atomic mass is 9.92. The van der Waals surface area contributed by atoms with Gasteiger partial charge in [-0.05, 0) is 25.3 Å². The SMILES string of the molecule is CCCCC(CC)CCC(COC)NCC. The van der Waals surface area contributed by atoms with Gasteiger partial charge in [-0.3, -0.25) is 0 Å². The van der Waals surface area contributed by atoms with Crippen molar-refractivity contribution in [2.45, 2.75) is 65.3 Å². The average Bonchev–Trinajstić information content (AvgIpc) is 2.30. The van der Waals surface area contributed by atoms with Gasteiger partial charge in [0.05, 0.1) is 6.61 Å². The minimum atomic E-state index is 0.547. The first-order valence-electron chi connectivity index (χ1n) is 7.00. The molecule has 0 fully saturated rings. The molecule has 0 bridgehead atoms. The monoisotopic (exact) mass is 229 g/mol. The Morgan fingerprint density at radius 1 is 1.06 bits per heavy atom. The van der Waals surface area contributed by atoms with E-state index in [1.165, 1.54) is 38.5 Å². The third-order valence-corrected chi connectivity index (χ3v) is 3.33. The molecule has 2 heteroatoms. The highest BCUT2D eigenvalue weighted by molar-refractivity contribution is 4.68. The molecule has 0 aliphatic carbocycles. The second-order valence-electron chi connectivity index (χ2n) is 4.70. The van der Waals surface area contributed by atoms with E-state index in [0.29, 0.717) is 6.04 Å². The minimum absolute atomic E-state index is 0.547. The van der Waals surface area contributed by atoms with E-state index in [1.54, 1.807) is 7.11 Å². The molecule has 0 aromatic rings. The van der Waals surface area contributed by atoms with Crippen LogP contribution in [0.4, 0.5) is 0 Å². The van der Waals surface area contributed by atoms with Crippen molar-refractivity contribution in [1.29, 1.82) is 0 Å². The molecule has 0 saturated heterocycles. The molecule has 0 heterocycles. The zero-order valence-corrected chi connectivity index (χ0v) is 11.7. The Hall–Kier alpha value is -0.0800. The first-order valence-corrected chi connectivity index (χ1v) is 7.00. The van der Waals surface area contributed by atoms with Crippen molar-refractivity contribution in [2.75, 3.05) is 20.3 Å². The smallest absolute Gasteiger partial charge is 0.0615 e. The summed E-state index contributed by atoms with van der Waals surface area (Å²) in [5.74, 6) is 0.915. The summed E-state index contributed by atoms with van der Waals surface area (Å²) in [6.07, 6.45) is 8.03. The van der Waals surface area contributed by atoms with E-state index in [-0.39, 0.29) is 0 Å². The second kappa shape index (κ2) is 11.4. The predicted molar refractivity (Wildman–Crippen MR) is 71.9 cm³/mol. The summed E-state index contributed by atoms with van der Waals surface area (Å²) in [7, 11) is 1.79.